The molecular formula is C24H27N5O5. The zero-order chi connectivity index (χ0) is 23.3. The lowest BCUT2D eigenvalue weighted by atomic mass is 10.1. The van der Waals surface area contributed by atoms with Crippen molar-refractivity contribution in [3.8, 4) is 17.4 Å². The average Bonchev–Trinajstić information content (AvgIpc) is 2.88. The molecule has 2 aliphatic rings. The summed E-state index contributed by atoms with van der Waals surface area (Å²) in [6, 6.07) is 11.3. The number of anilines is 1. The Morgan fingerprint density at radius 2 is 1.88 bits per heavy atom. The molecule has 5 rings (SSSR count). The molecule has 2 aliphatic heterocycles. The Bertz CT molecular complexity index is 1170. The van der Waals surface area contributed by atoms with Gasteiger partial charge in [-0.15, -0.1) is 5.06 Å². The van der Waals surface area contributed by atoms with Crippen LogP contribution in [0.2, 0.25) is 0 Å². The summed E-state index contributed by atoms with van der Waals surface area (Å²) in [6.45, 7) is 5.02. The van der Waals surface area contributed by atoms with E-state index in [0.717, 1.165) is 37.6 Å². The molecule has 2 aromatic heterocycles. The van der Waals surface area contributed by atoms with Crippen LogP contribution in [0.25, 0.3) is 11.0 Å². The van der Waals surface area contributed by atoms with Gasteiger partial charge in [0, 0.05) is 45.0 Å². The predicted octanol–water partition coefficient (Wildman–Crippen LogP) is 2.73. The molecule has 1 amide bonds. The van der Waals surface area contributed by atoms with Gasteiger partial charge in [0.05, 0.1) is 18.3 Å². The third kappa shape index (κ3) is 5.13. The van der Waals surface area contributed by atoms with Crippen molar-refractivity contribution in [3.05, 3.63) is 48.2 Å². The maximum Gasteiger partial charge on any atom is 0.430 e. The van der Waals surface area contributed by atoms with Gasteiger partial charge in [-0.05, 0) is 36.2 Å². The summed E-state index contributed by atoms with van der Waals surface area (Å²) >= 11 is 0. The van der Waals surface area contributed by atoms with Crippen molar-refractivity contribution in [1.82, 2.24) is 19.9 Å². The van der Waals surface area contributed by atoms with Crippen molar-refractivity contribution in [2.75, 3.05) is 58.4 Å². The number of fused-ring (bicyclic) bond motifs is 2. The molecule has 0 aliphatic carbocycles. The number of amides is 1. The predicted molar refractivity (Wildman–Crippen MR) is 125 cm³/mol. The normalized spacial score (nSPS) is 16.3. The van der Waals surface area contributed by atoms with Gasteiger partial charge in [-0.25, -0.2) is 9.78 Å². The summed E-state index contributed by atoms with van der Waals surface area (Å²) in [5.74, 6) is 2.08. The molecule has 3 aromatic rings. The molecule has 1 fully saturated rings. The molecule has 1 saturated heterocycles. The number of hydroxylamine groups is 2. The molecule has 0 bridgehead atoms. The van der Waals surface area contributed by atoms with E-state index in [0.29, 0.717) is 48.9 Å². The Kier molecular flexibility index (Phi) is 6.59. The number of nitrogens with one attached hydrogen (secondary N) is 1. The van der Waals surface area contributed by atoms with E-state index in [1.54, 1.807) is 36.6 Å². The number of ether oxygens (including phenoxy) is 3. The lowest BCUT2D eigenvalue weighted by molar-refractivity contribution is -0.117. The zero-order valence-corrected chi connectivity index (χ0v) is 19.0. The Labute approximate surface area is 197 Å². The van der Waals surface area contributed by atoms with Crippen LogP contribution in [-0.2, 0) is 11.3 Å². The van der Waals surface area contributed by atoms with Crippen LogP contribution in [0.3, 0.4) is 0 Å². The topological polar surface area (TPSA) is 98.3 Å². The second-order valence-electron chi connectivity index (χ2n) is 8.08. The van der Waals surface area contributed by atoms with E-state index in [-0.39, 0.29) is 0 Å². The number of hydrogen-bond acceptors (Lipinski definition) is 9. The maximum absolute atomic E-state index is 12.5. The van der Waals surface area contributed by atoms with Crippen LogP contribution in [-0.4, -0.2) is 79.1 Å². The van der Waals surface area contributed by atoms with E-state index in [1.807, 2.05) is 6.07 Å². The molecule has 4 heterocycles. The summed E-state index contributed by atoms with van der Waals surface area (Å²) in [6.07, 6.45) is 1.98. The fraction of sp³-hybridized carbons (Fsp3) is 0.375. The Morgan fingerprint density at radius 1 is 1.06 bits per heavy atom. The monoisotopic (exact) mass is 465 g/mol. The Hall–Kier alpha value is -3.63. The van der Waals surface area contributed by atoms with Crippen LogP contribution in [0.15, 0.2) is 42.6 Å². The Balaban J connectivity index is 1.10. The summed E-state index contributed by atoms with van der Waals surface area (Å²) in [5.41, 5.74) is 2.94. The number of carbonyl (C=O) groups excluding carboxylic acids is 1. The number of piperazine rings is 1. The number of rotatable bonds is 6. The van der Waals surface area contributed by atoms with Gasteiger partial charge in [-0.1, -0.05) is 6.07 Å². The van der Waals surface area contributed by atoms with Crippen molar-refractivity contribution in [2.45, 2.75) is 6.42 Å². The molecule has 178 valence electrons. The van der Waals surface area contributed by atoms with Crippen LogP contribution < -0.4 is 19.5 Å². The molecule has 10 heteroatoms. The van der Waals surface area contributed by atoms with Gasteiger partial charge in [0.1, 0.15) is 18.7 Å². The number of benzene rings is 1. The second-order valence-corrected chi connectivity index (χ2v) is 8.08. The van der Waals surface area contributed by atoms with E-state index >= 15 is 0 Å². The quantitative estimate of drug-likeness (QED) is 0.589. The Morgan fingerprint density at radius 3 is 2.71 bits per heavy atom. The van der Waals surface area contributed by atoms with E-state index in [9.17, 15) is 4.79 Å². The largest absolute Gasteiger partial charge is 0.486 e. The van der Waals surface area contributed by atoms with E-state index in [4.69, 9.17) is 19.0 Å². The SMILES string of the molecule is COc1ccc2nccc(NC(=O)ON3CCN(CCc4ccc5c(c4)OCCO5)CC3)c2n1. The van der Waals surface area contributed by atoms with Crippen molar-refractivity contribution >= 4 is 22.8 Å². The maximum atomic E-state index is 12.5. The molecule has 0 radical (unpaired) electrons. The first-order valence-corrected chi connectivity index (χ1v) is 11.3. The van der Waals surface area contributed by atoms with Crippen molar-refractivity contribution < 1.29 is 23.8 Å². The van der Waals surface area contributed by atoms with Gasteiger partial charge in [0.25, 0.3) is 0 Å². The van der Waals surface area contributed by atoms with E-state index in [2.05, 4.69) is 32.3 Å². The van der Waals surface area contributed by atoms with Crippen LogP contribution in [0, 0.1) is 0 Å². The molecular weight excluding hydrogens is 438 g/mol. The number of nitrogens with zero attached hydrogens (tertiary/aromatic N) is 4. The molecule has 0 saturated carbocycles. The standard InChI is InChI=1S/C24H27N5O5/c1-31-22-5-3-18-23(27-22)19(6-8-25-18)26-24(30)34-29-12-10-28(11-13-29)9-7-17-2-4-20-21(16-17)33-15-14-32-20/h2-6,8,16H,7,9-15H2,1H3,(H,25,26,30). The number of methoxy groups -OCH3 is 1. The van der Waals surface area contributed by atoms with Gasteiger partial charge in [0.15, 0.2) is 11.5 Å². The first-order chi connectivity index (χ1) is 16.7. The molecule has 0 spiro atoms. The minimum atomic E-state index is -0.554. The number of hydrogen-bond donors (Lipinski definition) is 1. The van der Waals surface area contributed by atoms with Crippen LogP contribution in [0.4, 0.5) is 10.5 Å². The second kappa shape index (κ2) is 10.1. The highest BCUT2D eigenvalue weighted by atomic mass is 16.7. The highest BCUT2D eigenvalue weighted by Gasteiger charge is 2.21. The third-order valence-electron chi connectivity index (χ3n) is 5.87. The van der Waals surface area contributed by atoms with E-state index < -0.39 is 6.09 Å². The van der Waals surface area contributed by atoms with Crippen LogP contribution in [0.1, 0.15) is 5.56 Å². The summed E-state index contributed by atoms with van der Waals surface area (Å²) in [5, 5.41) is 4.46. The third-order valence-corrected chi connectivity index (χ3v) is 5.87. The molecule has 10 nitrogen and oxygen atoms in total. The molecule has 0 atom stereocenters. The highest BCUT2D eigenvalue weighted by Crippen LogP contribution is 2.31. The minimum absolute atomic E-state index is 0.448. The van der Waals surface area contributed by atoms with Crippen LogP contribution in [0.5, 0.6) is 17.4 Å². The van der Waals surface area contributed by atoms with Gasteiger partial charge >= 0.3 is 6.09 Å². The highest BCUT2D eigenvalue weighted by molar-refractivity contribution is 5.96. The molecule has 0 unspecified atom stereocenters. The van der Waals surface area contributed by atoms with E-state index in [1.165, 1.54) is 5.56 Å². The lowest BCUT2D eigenvalue weighted by Crippen LogP contribution is -2.47. The zero-order valence-electron chi connectivity index (χ0n) is 19.0. The summed E-state index contributed by atoms with van der Waals surface area (Å²) in [4.78, 5) is 29.0. The van der Waals surface area contributed by atoms with Crippen molar-refractivity contribution in [2.24, 2.45) is 0 Å². The minimum Gasteiger partial charge on any atom is -0.486 e. The average molecular weight is 466 g/mol. The van der Waals surface area contributed by atoms with Gasteiger partial charge in [-0.3, -0.25) is 10.3 Å². The van der Waals surface area contributed by atoms with Crippen molar-refractivity contribution in [1.29, 1.82) is 0 Å². The summed E-state index contributed by atoms with van der Waals surface area (Å²) in [7, 11) is 1.54. The molecule has 34 heavy (non-hydrogen) atoms. The van der Waals surface area contributed by atoms with Gasteiger partial charge in [0.2, 0.25) is 5.88 Å². The fourth-order valence-electron chi connectivity index (χ4n) is 4.05. The first-order valence-electron chi connectivity index (χ1n) is 11.3. The first kappa shape index (κ1) is 22.2. The molecule has 1 N–H and O–H groups in total. The fourth-order valence-corrected chi connectivity index (χ4v) is 4.05. The summed E-state index contributed by atoms with van der Waals surface area (Å²) < 4.78 is 16.4. The number of carbonyl (C=O) groups is 1. The van der Waals surface area contributed by atoms with Gasteiger partial charge in [-0.2, -0.15) is 0 Å². The van der Waals surface area contributed by atoms with Gasteiger partial charge < -0.3 is 23.9 Å². The smallest absolute Gasteiger partial charge is 0.430 e. The number of pyridine rings is 2. The van der Waals surface area contributed by atoms with Crippen LogP contribution >= 0.6 is 0 Å². The molecule has 1 aromatic carbocycles. The lowest BCUT2D eigenvalue weighted by Gasteiger charge is -2.33. The van der Waals surface area contributed by atoms with Crippen molar-refractivity contribution in [3.63, 3.8) is 0 Å². The number of aromatic nitrogens is 2.